The largest absolute Gasteiger partial charge is 0.480 e. The Labute approximate surface area is 215 Å². The van der Waals surface area contributed by atoms with Gasteiger partial charge in [-0.1, -0.05) is 32.0 Å². The van der Waals surface area contributed by atoms with Crippen LogP contribution in [0.1, 0.15) is 39.2 Å². The van der Waals surface area contributed by atoms with Crippen LogP contribution < -0.4 is 21.7 Å². The highest BCUT2D eigenvalue weighted by Crippen LogP contribution is 2.19. The third-order valence-electron chi connectivity index (χ3n) is 5.78. The summed E-state index contributed by atoms with van der Waals surface area (Å²) in [6, 6.07) is 3.71. The summed E-state index contributed by atoms with van der Waals surface area (Å²) in [6.07, 6.45) is 4.52. The first kappa shape index (κ1) is 29.2. The summed E-state index contributed by atoms with van der Waals surface area (Å²) in [6.45, 7) is 5.23. The van der Waals surface area contributed by atoms with Crippen LogP contribution in [0.5, 0.6) is 0 Å². The third-order valence-corrected chi connectivity index (χ3v) is 6.42. The minimum atomic E-state index is -1.14. The van der Waals surface area contributed by atoms with Crippen LogP contribution in [0, 0.1) is 5.92 Å². The quantitative estimate of drug-likeness (QED) is 0.219. The Morgan fingerprint density at radius 3 is 2.31 bits per heavy atom. The number of hydrogen-bond donors (Lipinski definition) is 6. The van der Waals surface area contributed by atoms with Crippen LogP contribution in [0.15, 0.2) is 30.5 Å². The number of carbonyl (C=O) groups is 4. The molecule has 0 bridgehead atoms. The Morgan fingerprint density at radius 1 is 1.00 bits per heavy atom. The standard InChI is InChI=1S/C25H37N5O5S/c1-14(2)11-21(25(34)35)30-24(33)20(12-16-13-27-19-8-6-5-7-17(16)19)29-22(31)15(3)28-23(32)18(26)9-10-36-4/h5-8,13-15,18,20-21,27H,9-12,26H2,1-4H3,(H,28,32)(H,29,31)(H,30,33)(H,34,35). The van der Waals surface area contributed by atoms with Crippen molar-refractivity contribution in [2.75, 3.05) is 12.0 Å². The van der Waals surface area contributed by atoms with Crippen molar-refractivity contribution in [2.24, 2.45) is 11.7 Å². The number of amides is 3. The molecular weight excluding hydrogens is 482 g/mol. The Kier molecular flexibility index (Phi) is 11.3. The molecule has 11 heteroatoms. The minimum absolute atomic E-state index is 0.0404. The van der Waals surface area contributed by atoms with Gasteiger partial charge in [0.15, 0.2) is 0 Å². The van der Waals surface area contributed by atoms with Gasteiger partial charge in [-0.3, -0.25) is 14.4 Å². The van der Waals surface area contributed by atoms with Crippen molar-refractivity contribution in [3.05, 3.63) is 36.0 Å². The van der Waals surface area contributed by atoms with Crippen molar-refractivity contribution in [1.29, 1.82) is 0 Å². The number of thioether (sulfide) groups is 1. The van der Waals surface area contributed by atoms with Gasteiger partial charge in [0.2, 0.25) is 17.7 Å². The van der Waals surface area contributed by atoms with Crippen molar-refractivity contribution in [1.82, 2.24) is 20.9 Å². The van der Waals surface area contributed by atoms with E-state index in [9.17, 15) is 24.3 Å². The lowest BCUT2D eigenvalue weighted by atomic mass is 10.0. The topological polar surface area (TPSA) is 166 Å². The van der Waals surface area contributed by atoms with E-state index in [4.69, 9.17) is 5.73 Å². The number of carboxylic acid groups (broad SMARTS) is 1. The normalized spacial score (nSPS) is 14.6. The highest BCUT2D eigenvalue weighted by atomic mass is 32.2. The fraction of sp³-hybridized carbons (Fsp3) is 0.520. The summed E-state index contributed by atoms with van der Waals surface area (Å²) < 4.78 is 0. The fourth-order valence-electron chi connectivity index (χ4n) is 3.75. The minimum Gasteiger partial charge on any atom is -0.480 e. The summed E-state index contributed by atoms with van der Waals surface area (Å²) in [4.78, 5) is 53.3. The van der Waals surface area contributed by atoms with E-state index < -0.39 is 47.9 Å². The van der Waals surface area contributed by atoms with Crippen LogP contribution >= 0.6 is 11.8 Å². The maximum Gasteiger partial charge on any atom is 0.326 e. The zero-order valence-electron chi connectivity index (χ0n) is 21.2. The molecule has 0 radical (unpaired) electrons. The van der Waals surface area contributed by atoms with Gasteiger partial charge >= 0.3 is 5.97 Å². The lowest BCUT2D eigenvalue weighted by Gasteiger charge is -2.24. The lowest BCUT2D eigenvalue weighted by Crippen LogP contribution is -2.57. The van der Waals surface area contributed by atoms with E-state index in [1.54, 1.807) is 18.0 Å². The molecule has 2 rings (SSSR count). The molecule has 1 aromatic carbocycles. The fourth-order valence-corrected chi connectivity index (χ4v) is 4.24. The number of carbonyl (C=O) groups excluding carboxylic acids is 3. The van der Waals surface area contributed by atoms with Gasteiger partial charge in [-0.2, -0.15) is 11.8 Å². The van der Waals surface area contributed by atoms with Crippen molar-refractivity contribution in [3.63, 3.8) is 0 Å². The number of aromatic amines is 1. The Morgan fingerprint density at radius 2 is 1.67 bits per heavy atom. The van der Waals surface area contributed by atoms with Gasteiger partial charge in [-0.25, -0.2) is 4.79 Å². The number of aromatic nitrogens is 1. The smallest absolute Gasteiger partial charge is 0.326 e. The van der Waals surface area contributed by atoms with Crippen molar-refractivity contribution < 1.29 is 24.3 Å². The molecule has 0 aliphatic carbocycles. The monoisotopic (exact) mass is 519 g/mol. The number of H-pyrrole nitrogens is 1. The van der Waals surface area contributed by atoms with Gasteiger partial charge in [0.1, 0.15) is 18.1 Å². The second-order valence-corrected chi connectivity index (χ2v) is 10.3. The molecule has 36 heavy (non-hydrogen) atoms. The highest BCUT2D eigenvalue weighted by Gasteiger charge is 2.30. The molecule has 0 aliphatic rings. The molecule has 4 unspecified atom stereocenters. The van der Waals surface area contributed by atoms with E-state index in [1.165, 1.54) is 6.92 Å². The van der Waals surface area contributed by atoms with Crippen molar-refractivity contribution >= 4 is 46.4 Å². The number of carboxylic acids is 1. The van der Waals surface area contributed by atoms with Crippen LogP contribution in [0.3, 0.4) is 0 Å². The predicted octanol–water partition coefficient (Wildman–Crippen LogP) is 1.40. The van der Waals surface area contributed by atoms with E-state index in [0.717, 1.165) is 16.5 Å². The van der Waals surface area contributed by atoms with Gasteiger partial charge in [-0.15, -0.1) is 0 Å². The molecule has 0 saturated carbocycles. The number of fused-ring (bicyclic) bond motifs is 1. The molecule has 3 amide bonds. The summed E-state index contributed by atoms with van der Waals surface area (Å²) in [7, 11) is 0. The van der Waals surface area contributed by atoms with Gasteiger partial charge in [0.05, 0.1) is 6.04 Å². The van der Waals surface area contributed by atoms with Crippen molar-refractivity contribution in [3.8, 4) is 0 Å². The van der Waals surface area contributed by atoms with E-state index in [0.29, 0.717) is 12.2 Å². The predicted molar refractivity (Wildman–Crippen MR) is 142 cm³/mol. The van der Waals surface area contributed by atoms with Gasteiger partial charge < -0.3 is 31.8 Å². The molecule has 0 fully saturated rings. The molecule has 0 aliphatic heterocycles. The summed E-state index contributed by atoms with van der Waals surface area (Å²) >= 11 is 1.57. The van der Waals surface area contributed by atoms with E-state index >= 15 is 0 Å². The number of hydrogen-bond acceptors (Lipinski definition) is 6. The number of benzene rings is 1. The number of nitrogens with two attached hydrogens (primary N) is 1. The Balaban J connectivity index is 2.19. The molecule has 1 heterocycles. The molecule has 1 aromatic heterocycles. The molecule has 10 nitrogen and oxygen atoms in total. The van der Waals surface area contributed by atoms with Gasteiger partial charge in [0, 0.05) is 23.5 Å². The average molecular weight is 520 g/mol. The first-order valence-corrected chi connectivity index (χ1v) is 13.4. The average Bonchev–Trinajstić information content (AvgIpc) is 3.23. The van der Waals surface area contributed by atoms with E-state index in [1.807, 2.05) is 44.4 Å². The lowest BCUT2D eigenvalue weighted by molar-refractivity contribution is -0.142. The molecule has 4 atom stereocenters. The second-order valence-electron chi connectivity index (χ2n) is 9.27. The third kappa shape index (κ3) is 8.56. The van der Waals surface area contributed by atoms with Gasteiger partial charge in [0.25, 0.3) is 0 Å². The van der Waals surface area contributed by atoms with E-state index in [2.05, 4.69) is 20.9 Å². The maximum absolute atomic E-state index is 13.2. The molecular formula is C25H37N5O5S. The molecule has 198 valence electrons. The van der Waals surface area contributed by atoms with Crippen LogP contribution in [0.25, 0.3) is 10.9 Å². The number of aliphatic carboxylic acids is 1. The molecule has 2 aromatic rings. The maximum atomic E-state index is 13.2. The van der Waals surface area contributed by atoms with Gasteiger partial charge in [-0.05, 0) is 49.3 Å². The van der Waals surface area contributed by atoms with Crippen molar-refractivity contribution in [2.45, 2.75) is 64.2 Å². The summed E-state index contributed by atoms with van der Waals surface area (Å²) in [5.74, 6) is -2.03. The van der Waals surface area contributed by atoms with Crippen LogP contribution in [0.4, 0.5) is 0 Å². The zero-order valence-corrected chi connectivity index (χ0v) is 22.0. The summed E-state index contributed by atoms with van der Waals surface area (Å²) in [5, 5.41) is 18.3. The SMILES string of the molecule is CSCCC(N)C(=O)NC(C)C(=O)NC(Cc1c[nH]c2ccccc12)C(=O)NC(CC(C)C)C(=O)O. The first-order chi connectivity index (χ1) is 17.0. The Bertz CT molecular complexity index is 1060. The van der Waals surface area contributed by atoms with E-state index in [-0.39, 0.29) is 18.8 Å². The first-order valence-electron chi connectivity index (χ1n) is 12.0. The van der Waals surface area contributed by atoms with Crippen LogP contribution in [-0.2, 0) is 25.6 Å². The molecule has 0 spiro atoms. The van der Waals surface area contributed by atoms with Crippen LogP contribution in [-0.4, -0.2) is 70.0 Å². The number of para-hydroxylation sites is 1. The molecule has 7 N–H and O–H groups in total. The molecule has 0 saturated heterocycles. The second kappa shape index (κ2) is 13.9. The highest BCUT2D eigenvalue weighted by molar-refractivity contribution is 7.98. The number of rotatable bonds is 14. The Hall–Kier alpha value is -3.05. The van der Waals surface area contributed by atoms with Crippen LogP contribution in [0.2, 0.25) is 0 Å². The number of nitrogens with one attached hydrogen (secondary N) is 4. The zero-order chi connectivity index (χ0) is 26.8. The summed E-state index contributed by atoms with van der Waals surface area (Å²) in [5.41, 5.74) is 7.55.